The molecule has 18 heavy (non-hydrogen) atoms. The van der Waals surface area contributed by atoms with E-state index in [1.165, 1.54) is 24.0 Å². The van der Waals surface area contributed by atoms with Crippen LogP contribution in [0.2, 0.25) is 0 Å². The third-order valence-electron chi connectivity index (χ3n) is 4.10. The summed E-state index contributed by atoms with van der Waals surface area (Å²) in [4.78, 5) is 0. The number of ether oxygens (including phenoxy) is 1. The van der Waals surface area contributed by atoms with Gasteiger partial charge in [0.2, 0.25) is 0 Å². The maximum Gasteiger partial charge on any atom is 0.0615 e. The van der Waals surface area contributed by atoms with E-state index in [9.17, 15) is 0 Å². The monoisotopic (exact) mass is 247 g/mol. The van der Waals surface area contributed by atoms with Crippen molar-refractivity contribution in [2.45, 2.75) is 51.1 Å². The SMILES string of the molecule is CCC(COC)NC1CC(c2ccccc2C)C1. The van der Waals surface area contributed by atoms with Crippen LogP contribution in [0.25, 0.3) is 0 Å². The van der Waals surface area contributed by atoms with Crippen LogP contribution in [-0.4, -0.2) is 25.8 Å². The van der Waals surface area contributed by atoms with E-state index in [0.717, 1.165) is 18.9 Å². The van der Waals surface area contributed by atoms with Gasteiger partial charge in [0.05, 0.1) is 6.61 Å². The number of benzene rings is 1. The smallest absolute Gasteiger partial charge is 0.0615 e. The molecule has 0 aromatic heterocycles. The second-order valence-corrected chi connectivity index (χ2v) is 5.45. The van der Waals surface area contributed by atoms with Gasteiger partial charge < -0.3 is 10.1 Å². The van der Waals surface area contributed by atoms with Gasteiger partial charge in [0, 0.05) is 19.2 Å². The molecule has 0 spiro atoms. The minimum atomic E-state index is 0.512. The molecule has 1 aromatic rings. The van der Waals surface area contributed by atoms with Crippen LogP contribution in [0.15, 0.2) is 24.3 Å². The van der Waals surface area contributed by atoms with Crippen LogP contribution in [0.3, 0.4) is 0 Å². The number of methoxy groups -OCH3 is 1. The first-order valence-corrected chi connectivity index (χ1v) is 7.05. The molecule has 1 atom stereocenters. The standard InChI is InChI=1S/C16H25NO/c1-4-14(11-18-3)17-15-9-13(10-15)16-8-6-5-7-12(16)2/h5-8,13-15,17H,4,9-11H2,1-3H3. The highest BCUT2D eigenvalue weighted by Crippen LogP contribution is 2.38. The van der Waals surface area contributed by atoms with Crippen LogP contribution in [0, 0.1) is 6.92 Å². The summed E-state index contributed by atoms with van der Waals surface area (Å²) >= 11 is 0. The van der Waals surface area contributed by atoms with Crippen molar-refractivity contribution >= 4 is 0 Å². The molecule has 100 valence electrons. The van der Waals surface area contributed by atoms with Crippen LogP contribution < -0.4 is 5.32 Å². The maximum atomic E-state index is 5.23. The Morgan fingerprint density at radius 2 is 2.06 bits per heavy atom. The number of hydrogen-bond donors (Lipinski definition) is 1. The molecule has 1 aromatic carbocycles. The summed E-state index contributed by atoms with van der Waals surface area (Å²) < 4.78 is 5.23. The average molecular weight is 247 g/mol. The number of rotatable bonds is 6. The fourth-order valence-corrected chi connectivity index (χ4v) is 2.87. The largest absolute Gasteiger partial charge is 0.383 e. The molecule has 0 aliphatic heterocycles. The van der Waals surface area contributed by atoms with E-state index in [-0.39, 0.29) is 0 Å². The summed E-state index contributed by atoms with van der Waals surface area (Å²) in [6.07, 6.45) is 3.68. The van der Waals surface area contributed by atoms with E-state index in [1.54, 1.807) is 7.11 Å². The molecule has 0 amide bonds. The van der Waals surface area contributed by atoms with E-state index in [1.807, 2.05) is 0 Å². The van der Waals surface area contributed by atoms with Crippen LogP contribution in [-0.2, 0) is 4.74 Å². The molecule has 1 saturated carbocycles. The van der Waals surface area contributed by atoms with Gasteiger partial charge in [0.25, 0.3) is 0 Å². The second kappa shape index (κ2) is 6.35. The maximum absolute atomic E-state index is 5.23. The lowest BCUT2D eigenvalue weighted by Gasteiger charge is -2.39. The highest BCUT2D eigenvalue weighted by atomic mass is 16.5. The van der Waals surface area contributed by atoms with Gasteiger partial charge in [0.15, 0.2) is 0 Å². The zero-order chi connectivity index (χ0) is 13.0. The lowest BCUT2D eigenvalue weighted by molar-refractivity contribution is 0.144. The molecule has 1 unspecified atom stereocenters. The Hall–Kier alpha value is -0.860. The third-order valence-corrected chi connectivity index (χ3v) is 4.10. The first-order chi connectivity index (χ1) is 8.74. The highest BCUT2D eigenvalue weighted by Gasteiger charge is 2.31. The van der Waals surface area contributed by atoms with Gasteiger partial charge in [0.1, 0.15) is 0 Å². The molecule has 2 heteroatoms. The lowest BCUT2D eigenvalue weighted by Crippen LogP contribution is -2.47. The molecule has 2 rings (SSSR count). The molecule has 1 aliphatic carbocycles. The van der Waals surface area contributed by atoms with Gasteiger partial charge in [-0.25, -0.2) is 0 Å². The summed E-state index contributed by atoms with van der Waals surface area (Å²) in [5.41, 5.74) is 2.97. The van der Waals surface area contributed by atoms with Crippen molar-refractivity contribution < 1.29 is 4.74 Å². The molecular formula is C16H25NO. The number of nitrogens with one attached hydrogen (secondary N) is 1. The summed E-state index contributed by atoms with van der Waals surface area (Å²) in [5.74, 6) is 0.753. The van der Waals surface area contributed by atoms with Crippen molar-refractivity contribution in [1.29, 1.82) is 0 Å². The molecule has 1 aliphatic rings. The molecule has 2 nitrogen and oxygen atoms in total. The Balaban J connectivity index is 1.82. The van der Waals surface area contributed by atoms with Crippen molar-refractivity contribution in [3.05, 3.63) is 35.4 Å². The summed E-state index contributed by atoms with van der Waals surface area (Å²) in [5, 5.41) is 3.70. The van der Waals surface area contributed by atoms with Gasteiger partial charge in [-0.15, -0.1) is 0 Å². The predicted octanol–water partition coefficient (Wildman–Crippen LogP) is 3.26. The fourth-order valence-electron chi connectivity index (χ4n) is 2.87. The van der Waals surface area contributed by atoms with Crippen molar-refractivity contribution in [2.24, 2.45) is 0 Å². The van der Waals surface area contributed by atoms with E-state index < -0.39 is 0 Å². The summed E-state index contributed by atoms with van der Waals surface area (Å²) in [6, 6.07) is 9.97. The zero-order valence-corrected chi connectivity index (χ0v) is 11.8. The minimum absolute atomic E-state index is 0.512. The molecule has 0 bridgehead atoms. The van der Waals surface area contributed by atoms with E-state index in [4.69, 9.17) is 4.74 Å². The van der Waals surface area contributed by atoms with E-state index in [2.05, 4.69) is 43.4 Å². The van der Waals surface area contributed by atoms with Gasteiger partial charge >= 0.3 is 0 Å². The Kier molecular flexibility index (Phi) is 4.79. The van der Waals surface area contributed by atoms with Gasteiger partial charge in [-0.2, -0.15) is 0 Å². The second-order valence-electron chi connectivity index (χ2n) is 5.45. The van der Waals surface area contributed by atoms with Crippen LogP contribution in [0.4, 0.5) is 0 Å². The Morgan fingerprint density at radius 3 is 2.67 bits per heavy atom. The van der Waals surface area contributed by atoms with Crippen molar-refractivity contribution in [1.82, 2.24) is 5.32 Å². The van der Waals surface area contributed by atoms with Gasteiger partial charge in [-0.1, -0.05) is 31.2 Å². The lowest BCUT2D eigenvalue weighted by atomic mass is 9.74. The van der Waals surface area contributed by atoms with Crippen LogP contribution in [0.1, 0.15) is 43.2 Å². The van der Waals surface area contributed by atoms with E-state index in [0.29, 0.717) is 12.1 Å². The Bertz CT molecular complexity index is 371. The normalized spacial score (nSPS) is 24.6. The number of aryl methyl sites for hydroxylation is 1. The molecule has 1 N–H and O–H groups in total. The first-order valence-electron chi connectivity index (χ1n) is 7.05. The first kappa shape index (κ1) is 13.6. The number of hydrogen-bond acceptors (Lipinski definition) is 2. The third kappa shape index (κ3) is 3.12. The molecule has 1 fully saturated rings. The van der Waals surface area contributed by atoms with Gasteiger partial charge in [-0.3, -0.25) is 0 Å². The predicted molar refractivity (Wildman–Crippen MR) is 76.0 cm³/mol. The molecule has 0 radical (unpaired) electrons. The van der Waals surface area contributed by atoms with E-state index >= 15 is 0 Å². The van der Waals surface area contributed by atoms with Gasteiger partial charge in [-0.05, 0) is 43.2 Å². The Labute approximate surface area is 111 Å². The Morgan fingerprint density at radius 1 is 1.33 bits per heavy atom. The topological polar surface area (TPSA) is 21.3 Å². The van der Waals surface area contributed by atoms with Crippen molar-refractivity contribution in [3.8, 4) is 0 Å². The van der Waals surface area contributed by atoms with Crippen molar-refractivity contribution in [2.75, 3.05) is 13.7 Å². The molecule has 0 heterocycles. The summed E-state index contributed by atoms with van der Waals surface area (Å²) in [6.45, 7) is 5.26. The highest BCUT2D eigenvalue weighted by molar-refractivity contribution is 5.31. The average Bonchev–Trinajstić information content (AvgIpc) is 2.33. The summed E-state index contributed by atoms with van der Waals surface area (Å²) in [7, 11) is 1.78. The molecule has 0 saturated heterocycles. The molecular weight excluding hydrogens is 222 g/mol. The van der Waals surface area contributed by atoms with Crippen LogP contribution in [0.5, 0.6) is 0 Å². The fraction of sp³-hybridized carbons (Fsp3) is 0.625. The van der Waals surface area contributed by atoms with Crippen molar-refractivity contribution in [3.63, 3.8) is 0 Å². The zero-order valence-electron chi connectivity index (χ0n) is 11.8. The van der Waals surface area contributed by atoms with Crippen LogP contribution >= 0.6 is 0 Å². The quantitative estimate of drug-likeness (QED) is 0.833. The minimum Gasteiger partial charge on any atom is -0.383 e.